The molecule has 4 rings (SSSR count). The first-order valence-electron chi connectivity index (χ1n) is 7.26. The van der Waals surface area contributed by atoms with E-state index in [1.54, 1.807) is 42.7 Å². The van der Waals surface area contributed by atoms with Crippen molar-refractivity contribution in [1.29, 1.82) is 0 Å². The number of hydrogen-bond acceptors (Lipinski definition) is 5. The Balaban J connectivity index is 2.10. The molecule has 0 bridgehead atoms. The Hall–Kier alpha value is -2.86. The minimum absolute atomic E-state index is 0.0144. The quantitative estimate of drug-likeness (QED) is 0.562. The molecule has 0 spiro atoms. The lowest BCUT2D eigenvalue weighted by molar-refractivity contribution is 0.104. The van der Waals surface area contributed by atoms with Crippen molar-refractivity contribution in [2.24, 2.45) is 0 Å². The highest BCUT2D eigenvalue weighted by Crippen LogP contribution is 2.40. The molecule has 0 fully saturated rings. The smallest absolute Gasteiger partial charge is 0.197 e. The molecule has 2 aromatic heterocycles. The standard InChI is InChI=1S/C18H12N2O3S/c1-24(22,23)15-10-14(11-6-8-19-9-7-11)20-17-12-4-2-3-5-13(12)18(21)16(15)17/h2-10H,1H3. The summed E-state index contributed by atoms with van der Waals surface area (Å²) >= 11 is 0. The van der Waals surface area contributed by atoms with Crippen LogP contribution >= 0.6 is 0 Å². The number of ketones is 1. The molecule has 0 saturated heterocycles. The van der Waals surface area contributed by atoms with E-state index in [0.29, 0.717) is 22.5 Å². The fourth-order valence-electron chi connectivity index (χ4n) is 2.92. The topological polar surface area (TPSA) is 77.0 Å². The van der Waals surface area contributed by atoms with Crippen LogP contribution in [-0.2, 0) is 9.84 Å². The van der Waals surface area contributed by atoms with E-state index in [-0.39, 0.29) is 16.2 Å². The second kappa shape index (κ2) is 5.07. The molecular weight excluding hydrogens is 324 g/mol. The van der Waals surface area contributed by atoms with Crippen molar-refractivity contribution < 1.29 is 13.2 Å². The molecule has 1 aliphatic carbocycles. The molecule has 24 heavy (non-hydrogen) atoms. The number of aromatic nitrogens is 2. The van der Waals surface area contributed by atoms with Crippen molar-refractivity contribution in [2.75, 3.05) is 6.26 Å². The van der Waals surface area contributed by atoms with E-state index >= 15 is 0 Å². The van der Waals surface area contributed by atoms with Crippen molar-refractivity contribution in [3.63, 3.8) is 0 Å². The Bertz CT molecular complexity index is 1090. The van der Waals surface area contributed by atoms with E-state index < -0.39 is 9.84 Å². The van der Waals surface area contributed by atoms with Crippen molar-refractivity contribution in [1.82, 2.24) is 9.97 Å². The minimum Gasteiger partial charge on any atom is -0.288 e. The summed E-state index contributed by atoms with van der Waals surface area (Å²) in [5.74, 6) is -0.296. The number of sulfone groups is 1. The third-order valence-corrected chi connectivity index (χ3v) is 5.13. The van der Waals surface area contributed by atoms with Gasteiger partial charge in [0.25, 0.3) is 0 Å². The highest BCUT2D eigenvalue weighted by molar-refractivity contribution is 7.90. The number of benzene rings is 1. The van der Waals surface area contributed by atoms with Gasteiger partial charge in [0.15, 0.2) is 15.6 Å². The van der Waals surface area contributed by atoms with Crippen molar-refractivity contribution in [3.8, 4) is 22.5 Å². The van der Waals surface area contributed by atoms with Crippen molar-refractivity contribution in [2.45, 2.75) is 4.90 Å². The predicted octanol–water partition coefficient (Wildman–Crippen LogP) is 2.76. The molecule has 0 saturated carbocycles. The molecule has 0 amide bonds. The van der Waals surface area contributed by atoms with Crippen molar-refractivity contribution in [3.05, 3.63) is 66.0 Å². The monoisotopic (exact) mass is 336 g/mol. The molecule has 1 aliphatic rings. The van der Waals surface area contributed by atoms with Gasteiger partial charge in [0.2, 0.25) is 0 Å². The molecular formula is C18H12N2O3S. The summed E-state index contributed by atoms with van der Waals surface area (Å²) in [6.45, 7) is 0. The highest BCUT2D eigenvalue weighted by atomic mass is 32.2. The lowest BCUT2D eigenvalue weighted by Crippen LogP contribution is -2.08. The average molecular weight is 336 g/mol. The summed E-state index contributed by atoms with van der Waals surface area (Å²) in [7, 11) is -3.59. The van der Waals surface area contributed by atoms with Crippen LogP contribution in [0.3, 0.4) is 0 Å². The van der Waals surface area contributed by atoms with E-state index in [9.17, 15) is 13.2 Å². The zero-order chi connectivity index (χ0) is 16.9. The van der Waals surface area contributed by atoms with Crippen LogP contribution in [-0.4, -0.2) is 30.4 Å². The Labute approximate surface area is 138 Å². The summed E-state index contributed by atoms with van der Waals surface area (Å²) < 4.78 is 24.6. The Morgan fingerprint density at radius 2 is 1.62 bits per heavy atom. The van der Waals surface area contributed by atoms with Crippen LogP contribution in [0.1, 0.15) is 15.9 Å². The molecule has 0 atom stereocenters. The van der Waals surface area contributed by atoms with Crippen LogP contribution in [0.4, 0.5) is 0 Å². The van der Waals surface area contributed by atoms with Gasteiger partial charge in [-0.1, -0.05) is 24.3 Å². The Morgan fingerprint density at radius 1 is 0.958 bits per heavy atom. The van der Waals surface area contributed by atoms with Crippen LogP contribution in [0, 0.1) is 0 Å². The van der Waals surface area contributed by atoms with Gasteiger partial charge < -0.3 is 0 Å². The zero-order valence-corrected chi connectivity index (χ0v) is 13.5. The maximum Gasteiger partial charge on any atom is 0.197 e. The summed E-state index contributed by atoms with van der Waals surface area (Å²) in [5.41, 5.74) is 2.98. The number of nitrogens with zero attached hydrogens (tertiary/aromatic N) is 2. The lowest BCUT2D eigenvalue weighted by Gasteiger charge is -2.09. The zero-order valence-electron chi connectivity index (χ0n) is 12.7. The fraction of sp³-hybridized carbons (Fsp3) is 0.0556. The van der Waals surface area contributed by atoms with E-state index in [2.05, 4.69) is 9.97 Å². The molecule has 0 unspecified atom stereocenters. The molecule has 1 aromatic carbocycles. The molecule has 0 N–H and O–H groups in total. The minimum atomic E-state index is -3.59. The maximum absolute atomic E-state index is 12.7. The maximum atomic E-state index is 12.7. The van der Waals surface area contributed by atoms with Crippen LogP contribution in [0.15, 0.2) is 59.8 Å². The summed E-state index contributed by atoms with van der Waals surface area (Å²) in [6, 6.07) is 12.0. The molecule has 3 aromatic rings. The SMILES string of the molecule is CS(=O)(=O)c1cc(-c2ccncc2)nc2c1C(=O)c1ccccc1-2. The first kappa shape index (κ1) is 14.7. The van der Waals surface area contributed by atoms with E-state index in [0.717, 1.165) is 11.8 Å². The predicted molar refractivity (Wildman–Crippen MR) is 89.4 cm³/mol. The van der Waals surface area contributed by atoms with E-state index in [1.165, 1.54) is 6.07 Å². The first-order valence-corrected chi connectivity index (χ1v) is 9.15. The van der Waals surface area contributed by atoms with Gasteiger partial charge in [0.05, 0.1) is 21.8 Å². The van der Waals surface area contributed by atoms with Gasteiger partial charge in [-0.2, -0.15) is 0 Å². The molecule has 0 radical (unpaired) electrons. The molecule has 2 heterocycles. The van der Waals surface area contributed by atoms with Gasteiger partial charge in [-0.25, -0.2) is 13.4 Å². The number of hydrogen-bond donors (Lipinski definition) is 0. The summed E-state index contributed by atoms with van der Waals surface area (Å²) in [6.07, 6.45) is 4.34. The van der Waals surface area contributed by atoms with Crippen molar-refractivity contribution >= 4 is 15.6 Å². The summed E-state index contributed by atoms with van der Waals surface area (Å²) in [5, 5.41) is 0. The molecule has 0 aliphatic heterocycles. The fourth-order valence-corrected chi connectivity index (χ4v) is 3.81. The number of carbonyl (C=O) groups is 1. The molecule has 6 heteroatoms. The van der Waals surface area contributed by atoms with Gasteiger partial charge >= 0.3 is 0 Å². The second-order valence-corrected chi connectivity index (χ2v) is 7.60. The number of fused-ring (bicyclic) bond motifs is 3. The van der Waals surface area contributed by atoms with Crippen LogP contribution in [0.2, 0.25) is 0 Å². The Morgan fingerprint density at radius 3 is 2.29 bits per heavy atom. The van der Waals surface area contributed by atoms with Crippen LogP contribution in [0.5, 0.6) is 0 Å². The van der Waals surface area contributed by atoms with Crippen LogP contribution < -0.4 is 0 Å². The highest BCUT2D eigenvalue weighted by Gasteiger charge is 2.33. The average Bonchev–Trinajstić information content (AvgIpc) is 2.87. The lowest BCUT2D eigenvalue weighted by atomic mass is 10.1. The number of pyridine rings is 2. The van der Waals surface area contributed by atoms with Crippen LogP contribution in [0.25, 0.3) is 22.5 Å². The normalized spacial score (nSPS) is 12.8. The van der Waals surface area contributed by atoms with E-state index in [1.807, 2.05) is 6.07 Å². The third kappa shape index (κ3) is 2.15. The molecule has 5 nitrogen and oxygen atoms in total. The third-order valence-electron chi connectivity index (χ3n) is 4.01. The van der Waals surface area contributed by atoms with Gasteiger partial charge in [-0.05, 0) is 18.2 Å². The van der Waals surface area contributed by atoms with Gasteiger partial charge in [0, 0.05) is 35.3 Å². The molecule has 118 valence electrons. The van der Waals surface area contributed by atoms with Gasteiger partial charge in [0.1, 0.15) is 0 Å². The van der Waals surface area contributed by atoms with Gasteiger partial charge in [-0.15, -0.1) is 0 Å². The number of rotatable bonds is 2. The number of carbonyl (C=O) groups excluding carboxylic acids is 1. The first-order chi connectivity index (χ1) is 11.5. The van der Waals surface area contributed by atoms with Gasteiger partial charge in [-0.3, -0.25) is 9.78 Å². The Kier molecular flexibility index (Phi) is 3.11. The largest absolute Gasteiger partial charge is 0.288 e. The summed E-state index contributed by atoms with van der Waals surface area (Å²) in [4.78, 5) is 21.2. The van der Waals surface area contributed by atoms with E-state index in [4.69, 9.17) is 0 Å². The second-order valence-electron chi connectivity index (χ2n) is 5.61.